The van der Waals surface area contributed by atoms with Gasteiger partial charge in [0.1, 0.15) is 6.61 Å². The molecule has 2 aliphatic rings. The molecule has 1 aromatic heterocycles. The van der Waals surface area contributed by atoms with Crippen molar-refractivity contribution in [3.05, 3.63) is 65.4 Å². The zero-order valence-electron chi connectivity index (χ0n) is 19.2. The summed E-state index contributed by atoms with van der Waals surface area (Å²) in [5.41, 5.74) is 4.48. The molecular formula is C27H28N2O5. The number of alkyl carbamates (subject to hydrolysis) is 1. The summed E-state index contributed by atoms with van der Waals surface area (Å²) in [5.74, 6) is -0.159. The van der Waals surface area contributed by atoms with Crippen molar-refractivity contribution in [1.82, 2.24) is 10.5 Å². The highest BCUT2D eigenvalue weighted by Crippen LogP contribution is 2.48. The fraction of sp³-hybridized carbons (Fsp3) is 0.370. The van der Waals surface area contributed by atoms with Crippen LogP contribution in [-0.2, 0) is 21.6 Å². The van der Waals surface area contributed by atoms with Gasteiger partial charge in [0.15, 0.2) is 5.76 Å². The average Bonchev–Trinajstić information content (AvgIpc) is 3.36. The smallest absolute Gasteiger partial charge is 0.407 e. The maximum Gasteiger partial charge on any atom is 0.407 e. The molecule has 7 nitrogen and oxygen atoms in total. The molecule has 0 atom stereocenters. The molecule has 34 heavy (non-hydrogen) atoms. The zero-order valence-corrected chi connectivity index (χ0v) is 19.2. The molecule has 0 aliphatic heterocycles. The number of carboxylic acids is 1. The van der Waals surface area contributed by atoms with Crippen molar-refractivity contribution in [2.24, 2.45) is 0 Å². The molecular weight excluding hydrogens is 432 g/mol. The zero-order chi connectivity index (χ0) is 23.7. The highest BCUT2D eigenvalue weighted by molar-refractivity contribution is 5.85. The lowest BCUT2D eigenvalue weighted by Gasteiger charge is -2.12. The Balaban J connectivity index is 1.27. The highest BCUT2D eigenvalue weighted by atomic mass is 16.5. The molecule has 0 saturated heterocycles. The van der Waals surface area contributed by atoms with Crippen molar-refractivity contribution >= 4 is 12.1 Å². The minimum atomic E-state index is -0.747. The van der Waals surface area contributed by atoms with Gasteiger partial charge in [-0.05, 0) is 49.3 Å². The van der Waals surface area contributed by atoms with Gasteiger partial charge in [-0.2, -0.15) is 0 Å². The first-order chi connectivity index (χ1) is 16.5. The Labute approximate surface area is 198 Å². The van der Waals surface area contributed by atoms with Gasteiger partial charge in [0.25, 0.3) is 0 Å². The first-order valence-electron chi connectivity index (χ1n) is 11.8. The molecule has 0 bridgehead atoms. The van der Waals surface area contributed by atoms with E-state index in [1.807, 2.05) is 55.5 Å². The van der Waals surface area contributed by atoms with Crippen LogP contribution in [0.25, 0.3) is 22.5 Å². The van der Waals surface area contributed by atoms with Crippen molar-refractivity contribution < 1.29 is 24.0 Å². The van der Waals surface area contributed by atoms with Crippen molar-refractivity contribution in [1.29, 1.82) is 0 Å². The summed E-state index contributed by atoms with van der Waals surface area (Å²) in [6.45, 7) is 1.93. The van der Waals surface area contributed by atoms with E-state index in [1.165, 1.54) is 0 Å². The molecule has 0 spiro atoms. The van der Waals surface area contributed by atoms with Crippen molar-refractivity contribution in [3.63, 3.8) is 0 Å². The van der Waals surface area contributed by atoms with Gasteiger partial charge < -0.3 is 19.7 Å². The van der Waals surface area contributed by atoms with E-state index in [1.54, 1.807) is 0 Å². The van der Waals surface area contributed by atoms with Crippen LogP contribution >= 0.6 is 0 Å². The van der Waals surface area contributed by atoms with Gasteiger partial charge >= 0.3 is 12.1 Å². The number of ether oxygens (including phenoxy) is 1. The molecule has 176 valence electrons. The average molecular weight is 461 g/mol. The second-order valence-corrected chi connectivity index (χ2v) is 9.32. The predicted octanol–water partition coefficient (Wildman–Crippen LogP) is 5.60. The number of hydrogen-bond donors (Lipinski definition) is 2. The lowest BCUT2D eigenvalue weighted by Crippen LogP contribution is -2.33. The van der Waals surface area contributed by atoms with E-state index in [9.17, 15) is 14.7 Å². The number of aromatic nitrogens is 1. The number of carbonyl (C=O) groups excluding carboxylic acids is 1. The molecule has 1 amide bonds. The highest BCUT2D eigenvalue weighted by Gasteiger charge is 2.51. The summed E-state index contributed by atoms with van der Waals surface area (Å²) in [5, 5.41) is 16.5. The molecule has 3 aromatic rings. The quantitative estimate of drug-likeness (QED) is 0.476. The van der Waals surface area contributed by atoms with E-state index in [-0.39, 0.29) is 12.6 Å². The number of carbonyl (C=O) groups is 2. The Kier molecular flexibility index (Phi) is 5.86. The van der Waals surface area contributed by atoms with Gasteiger partial charge in [0, 0.05) is 11.6 Å². The molecule has 7 heteroatoms. The lowest BCUT2D eigenvalue weighted by atomic mass is 9.93. The van der Waals surface area contributed by atoms with Gasteiger partial charge in [-0.3, -0.25) is 4.79 Å². The Hall–Kier alpha value is -3.61. The number of hydrogen-bond acceptors (Lipinski definition) is 5. The van der Waals surface area contributed by atoms with Crippen LogP contribution in [0.3, 0.4) is 0 Å². The molecule has 2 N–H and O–H groups in total. The van der Waals surface area contributed by atoms with Gasteiger partial charge in [-0.15, -0.1) is 0 Å². The summed E-state index contributed by atoms with van der Waals surface area (Å²) in [7, 11) is 0. The van der Waals surface area contributed by atoms with Gasteiger partial charge in [-0.25, -0.2) is 4.79 Å². The molecule has 0 radical (unpaired) electrons. The monoisotopic (exact) mass is 460 g/mol. The van der Waals surface area contributed by atoms with Crippen LogP contribution in [0.15, 0.2) is 53.1 Å². The summed E-state index contributed by atoms with van der Waals surface area (Å²) in [6.07, 6.45) is 5.27. The van der Waals surface area contributed by atoms with Crippen molar-refractivity contribution in [2.45, 2.75) is 63.5 Å². The number of nitrogens with one attached hydrogen (secondary N) is 1. The number of carboxylic acid groups (broad SMARTS) is 1. The fourth-order valence-corrected chi connectivity index (χ4v) is 4.75. The van der Waals surface area contributed by atoms with Crippen LogP contribution in [0.5, 0.6) is 0 Å². The van der Waals surface area contributed by atoms with Gasteiger partial charge in [0.05, 0.1) is 16.7 Å². The van der Waals surface area contributed by atoms with Crippen LogP contribution in [0.2, 0.25) is 0 Å². The minimum Gasteiger partial charge on any atom is -0.481 e. The standard InChI is InChI=1S/C27H28N2O5/c1-17-23(16-33-26(32)28-22-4-2-3-5-22)24(34-29-17)20-8-6-18(7-9-20)19-10-12-21(13-11-19)27(14-15-27)25(30)31/h6-13,22H,2-5,14-16H2,1H3,(H,28,32)(H,30,31). The number of aliphatic carboxylic acids is 1. The molecule has 1 heterocycles. The summed E-state index contributed by atoms with van der Waals surface area (Å²) < 4.78 is 11.0. The van der Waals surface area contributed by atoms with Crippen LogP contribution in [0.4, 0.5) is 4.79 Å². The van der Waals surface area contributed by atoms with E-state index >= 15 is 0 Å². The second-order valence-electron chi connectivity index (χ2n) is 9.32. The topological polar surface area (TPSA) is 102 Å². The first kappa shape index (κ1) is 22.2. The molecule has 2 aliphatic carbocycles. The third kappa shape index (κ3) is 4.30. The number of benzene rings is 2. The Morgan fingerprint density at radius 2 is 1.62 bits per heavy atom. The maximum absolute atomic E-state index is 12.2. The second kappa shape index (κ2) is 8.97. The van der Waals surface area contributed by atoms with E-state index in [0.29, 0.717) is 24.3 Å². The summed E-state index contributed by atoms with van der Waals surface area (Å²) >= 11 is 0. The minimum absolute atomic E-state index is 0.0950. The Bertz CT molecular complexity index is 1190. The molecule has 2 aromatic carbocycles. The number of amides is 1. The van der Waals surface area contributed by atoms with E-state index < -0.39 is 17.5 Å². The molecule has 0 unspecified atom stereocenters. The lowest BCUT2D eigenvalue weighted by molar-refractivity contribution is -0.140. The van der Waals surface area contributed by atoms with Crippen LogP contribution < -0.4 is 5.32 Å². The van der Waals surface area contributed by atoms with Crippen LogP contribution in [0, 0.1) is 6.92 Å². The maximum atomic E-state index is 12.2. The first-order valence-corrected chi connectivity index (χ1v) is 11.8. The Morgan fingerprint density at radius 3 is 2.21 bits per heavy atom. The van der Waals surface area contributed by atoms with Gasteiger partial charge in [-0.1, -0.05) is 66.5 Å². The molecule has 2 saturated carbocycles. The predicted molar refractivity (Wildman–Crippen MR) is 126 cm³/mol. The van der Waals surface area contributed by atoms with Crippen LogP contribution in [-0.4, -0.2) is 28.4 Å². The van der Waals surface area contributed by atoms with E-state index in [4.69, 9.17) is 9.26 Å². The SMILES string of the molecule is Cc1noc(-c2ccc(-c3ccc(C4(C(=O)O)CC4)cc3)cc2)c1COC(=O)NC1CCCC1. The summed E-state index contributed by atoms with van der Waals surface area (Å²) in [6, 6.07) is 15.8. The summed E-state index contributed by atoms with van der Waals surface area (Å²) in [4.78, 5) is 23.7. The fourth-order valence-electron chi connectivity index (χ4n) is 4.75. The molecule has 2 fully saturated rings. The van der Waals surface area contributed by atoms with E-state index in [0.717, 1.165) is 53.5 Å². The third-order valence-electron chi connectivity index (χ3n) is 7.09. The largest absolute Gasteiger partial charge is 0.481 e. The molecule has 5 rings (SSSR count). The third-order valence-corrected chi connectivity index (χ3v) is 7.09. The van der Waals surface area contributed by atoms with Gasteiger partial charge in [0.2, 0.25) is 0 Å². The van der Waals surface area contributed by atoms with Crippen LogP contribution in [0.1, 0.15) is 55.3 Å². The number of rotatable bonds is 7. The normalized spacial score (nSPS) is 16.9. The van der Waals surface area contributed by atoms with Crippen molar-refractivity contribution in [3.8, 4) is 22.5 Å². The Morgan fingerprint density at radius 1 is 1.03 bits per heavy atom. The van der Waals surface area contributed by atoms with E-state index in [2.05, 4.69) is 10.5 Å². The van der Waals surface area contributed by atoms with Crippen molar-refractivity contribution in [2.75, 3.05) is 0 Å². The number of aryl methyl sites for hydroxylation is 1. The number of nitrogens with zero attached hydrogens (tertiary/aromatic N) is 1.